The van der Waals surface area contributed by atoms with Crippen LogP contribution in [0.25, 0.3) is 6.08 Å². The van der Waals surface area contributed by atoms with E-state index in [-0.39, 0.29) is 23.0 Å². The number of carboxylic acids is 1. The Kier molecular flexibility index (Phi) is 5.03. The highest BCUT2D eigenvalue weighted by atomic mass is 79.9. The lowest BCUT2D eigenvalue weighted by Crippen LogP contribution is -2.37. The molecule has 0 saturated heterocycles. The predicted molar refractivity (Wildman–Crippen MR) is 108 cm³/mol. The second-order valence-corrected chi connectivity index (χ2v) is 9.51. The molecule has 3 unspecified atom stereocenters. The van der Waals surface area contributed by atoms with Gasteiger partial charge in [0.1, 0.15) is 11.9 Å². The van der Waals surface area contributed by atoms with Crippen LogP contribution in [0, 0.1) is 0 Å². The van der Waals surface area contributed by atoms with E-state index in [1.807, 2.05) is 12.1 Å². The first-order chi connectivity index (χ1) is 13.3. The molecular weight excluding hydrogens is 446 g/mol. The number of aliphatic carboxylic acids is 1. The first kappa shape index (κ1) is 19.2. The molecule has 6 nitrogen and oxygen atoms in total. The highest BCUT2D eigenvalue weighted by Gasteiger charge is 2.46. The molecule has 2 aromatic carbocycles. The molecule has 2 N–H and O–H groups in total. The number of fused-ring (bicyclic) bond motifs is 3. The summed E-state index contributed by atoms with van der Waals surface area (Å²) in [6.45, 7) is 0. The molecule has 2 aromatic rings. The van der Waals surface area contributed by atoms with Crippen LogP contribution < -0.4 is 9.46 Å². The molecule has 1 aliphatic carbocycles. The summed E-state index contributed by atoms with van der Waals surface area (Å²) in [4.78, 5) is 11.0. The quantitative estimate of drug-likeness (QED) is 0.661. The van der Waals surface area contributed by atoms with Gasteiger partial charge in [-0.25, -0.2) is 17.9 Å². The Morgan fingerprint density at radius 1 is 1.18 bits per heavy atom. The minimum absolute atomic E-state index is 0.0987. The zero-order chi connectivity index (χ0) is 19.9. The normalized spacial score (nSPS) is 23.4. The molecule has 0 amide bonds. The van der Waals surface area contributed by atoms with E-state index in [9.17, 15) is 13.2 Å². The van der Waals surface area contributed by atoms with Crippen LogP contribution in [0.1, 0.15) is 29.9 Å². The largest absolute Gasteiger partial charge is 0.489 e. The Labute approximate surface area is 171 Å². The number of halogens is 1. The standard InChI is InChI=1S/C20H18BrNO5S/c21-13-5-7-14(8-6-13)28(25,26)22-16-9-10-17-19(16)15-3-1-2-12(20(15)27-17)4-11-18(23)24/h1-8,11,16-17,19,22H,9-10H2,(H,23,24)/b11-4+. The van der Waals surface area contributed by atoms with Crippen molar-refractivity contribution in [1.29, 1.82) is 0 Å². The minimum Gasteiger partial charge on any atom is -0.489 e. The number of ether oxygens (including phenoxy) is 1. The van der Waals surface area contributed by atoms with E-state index in [1.165, 1.54) is 6.08 Å². The summed E-state index contributed by atoms with van der Waals surface area (Å²) in [6, 6.07) is 11.8. The lowest BCUT2D eigenvalue weighted by atomic mass is 9.93. The second kappa shape index (κ2) is 7.35. The van der Waals surface area contributed by atoms with Gasteiger partial charge in [-0.05, 0) is 43.2 Å². The van der Waals surface area contributed by atoms with Gasteiger partial charge in [0, 0.05) is 33.6 Å². The number of benzene rings is 2. The van der Waals surface area contributed by atoms with E-state index < -0.39 is 16.0 Å². The summed E-state index contributed by atoms with van der Waals surface area (Å²) >= 11 is 3.31. The molecule has 0 radical (unpaired) electrons. The van der Waals surface area contributed by atoms with Crippen molar-refractivity contribution < 1.29 is 23.1 Å². The van der Waals surface area contributed by atoms with E-state index in [0.29, 0.717) is 17.7 Å². The molecule has 1 saturated carbocycles. The molecule has 1 fully saturated rings. The number of para-hydroxylation sites is 1. The molecule has 4 rings (SSSR count). The van der Waals surface area contributed by atoms with Crippen LogP contribution in [0.15, 0.2) is 57.9 Å². The zero-order valence-electron chi connectivity index (χ0n) is 14.7. The van der Waals surface area contributed by atoms with Gasteiger partial charge >= 0.3 is 5.97 Å². The van der Waals surface area contributed by atoms with Gasteiger partial charge in [-0.3, -0.25) is 0 Å². The molecular formula is C20H18BrNO5S. The predicted octanol–water partition coefficient (Wildman–Crippen LogP) is 3.53. The number of carbonyl (C=O) groups is 1. The average molecular weight is 464 g/mol. The van der Waals surface area contributed by atoms with Crippen LogP contribution in [0.3, 0.4) is 0 Å². The first-order valence-electron chi connectivity index (χ1n) is 8.83. The maximum absolute atomic E-state index is 12.8. The minimum atomic E-state index is -3.65. The molecule has 146 valence electrons. The van der Waals surface area contributed by atoms with Gasteiger partial charge in [0.25, 0.3) is 0 Å². The Hall–Kier alpha value is -2.16. The van der Waals surface area contributed by atoms with Crippen LogP contribution in [0.4, 0.5) is 0 Å². The summed E-state index contributed by atoms with van der Waals surface area (Å²) in [5, 5.41) is 8.87. The van der Waals surface area contributed by atoms with E-state index in [2.05, 4.69) is 20.7 Å². The maximum Gasteiger partial charge on any atom is 0.328 e. The third-order valence-corrected chi connectivity index (χ3v) is 7.17. The van der Waals surface area contributed by atoms with Crippen LogP contribution in [-0.2, 0) is 14.8 Å². The van der Waals surface area contributed by atoms with Crippen molar-refractivity contribution in [2.24, 2.45) is 0 Å². The van der Waals surface area contributed by atoms with E-state index >= 15 is 0 Å². The van der Waals surface area contributed by atoms with Crippen molar-refractivity contribution in [3.8, 4) is 5.75 Å². The lowest BCUT2D eigenvalue weighted by molar-refractivity contribution is -0.131. The van der Waals surface area contributed by atoms with Crippen molar-refractivity contribution >= 4 is 38.0 Å². The van der Waals surface area contributed by atoms with Crippen LogP contribution in [0.2, 0.25) is 0 Å². The summed E-state index contributed by atoms with van der Waals surface area (Å²) in [7, 11) is -3.65. The topological polar surface area (TPSA) is 92.7 Å². The fourth-order valence-corrected chi connectivity index (χ4v) is 5.50. The average Bonchev–Trinajstić information content (AvgIpc) is 3.20. The highest BCUT2D eigenvalue weighted by molar-refractivity contribution is 9.10. The summed E-state index contributed by atoms with van der Waals surface area (Å²) in [5.74, 6) is -0.489. The van der Waals surface area contributed by atoms with Crippen LogP contribution in [0.5, 0.6) is 5.75 Å². The SMILES string of the molecule is O=C(O)/C=C/c1cccc2c1OC1CCC(NS(=O)(=O)c3ccc(Br)cc3)C21. The first-order valence-corrected chi connectivity index (χ1v) is 11.1. The Morgan fingerprint density at radius 2 is 1.93 bits per heavy atom. The Bertz CT molecular complexity index is 1050. The monoisotopic (exact) mass is 463 g/mol. The number of carboxylic acid groups (broad SMARTS) is 1. The van der Waals surface area contributed by atoms with Gasteiger partial charge in [-0.15, -0.1) is 0 Å². The molecule has 3 atom stereocenters. The lowest BCUT2D eigenvalue weighted by Gasteiger charge is -2.19. The fourth-order valence-electron chi connectivity index (χ4n) is 3.94. The summed E-state index contributed by atoms with van der Waals surface area (Å²) in [5.41, 5.74) is 1.60. The Balaban J connectivity index is 1.62. The molecule has 0 spiro atoms. The number of hydrogen-bond donors (Lipinski definition) is 2. The van der Waals surface area contributed by atoms with Gasteiger partial charge in [0.2, 0.25) is 10.0 Å². The van der Waals surface area contributed by atoms with Crippen molar-refractivity contribution in [3.05, 3.63) is 64.1 Å². The number of hydrogen-bond acceptors (Lipinski definition) is 4. The van der Waals surface area contributed by atoms with Crippen LogP contribution in [-0.4, -0.2) is 31.6 Å². The number of sulfonamides is 1. The van der Waals surface area contributed by atoms with E-state index in [1.54, 1.807) is 30.3 Å². The summed E-state index contributed by atoms with van der Waals surface area (Å²) < 4.78 is 35.3. The third kappa shape index (κ3) is 3.59. The van der Waals surface area contributed by atoms with E-state index in [4.69, 9.17) is 9.84 Å². The molecule has 2 aliphatic rings. The van der Waals surface area contributed by atoms with Gasteiger partial charge in [-0.1, -0.05) is 34.1 Å². The summed E-state index contributed by atoms with van der Waals surface area (Å²) in [6.07, 6.45) is 3.87. The van der Waals surface area contributed by atoms with Gasteiger partial charge in [0.15, 0.2) is 0 Å². The van der Waals surface area contributed by atoms with Gasteiger partial charge in [-0.2, -0.15) is 0 Å². The van der Waals surface area contributed by atoms with E-state index in [0.717, 1.165) is 22.5 Å². The van der Waals surface area contributed by atoms with Crippen LogP contribution >= 0.6 is 15.9 Å². The zero-order valence-corrected chi connectivity index (χ0v) is 17.1. The van der Waals surface area contributed by atoms with Gasteiger partial charge < -0.3 is 9.84 Å². The van der Waals surface area contributed by atoms with Crippen molar-refractivity contribution in [2.75, 3.05) is 0 Å². The van der Waals surface area contributed by atoms with Crippen molar-refractivity contribution in [1.82, 2.24) is 4.72 Å². The van der Waals surface area contributed by atoms with Gasteiger partial charge in [0.05, 0.1) is 4.90 Å². The maximum atomic E-state index is 12.8. The number of nitrogens with one attached hydrogen (secondary N) is 1. The molecule has 0 bridgehead atoms. The molecule has 1 heterocycles. The smallest absolute Gasteiger partial charge is 0.328 e. The molecule has 1 aliphatic heterocycles. The number of rotatable bonds is 5. The fraction of sp³-hybridized carbons (Fsp3) is 0.250. The third-order valence-electron chi connectivity index (χ3n) is 5.14. The molecule has 8 heteroatoms. The van der Waals surface area contributed by atoms with Crippen molar-refractivity contribution in [3.63, 3.8) is 0 Å². The highest BCUT2D eigenvalue weighted by Crippen LogP contribution is 2.49. The van der Waals surface area contributed by atoms with Crippen molar-refractivity contribution in [2.45, 2.75) is 35.8 Å². The molecule has 28 heavy (non-hydrogen) atoms. The Morgan fingerprint density at radius 3 is 2.64 bits per heavy atom. The second-order valence-electron chi connectivity index (χ2n) is 6.88. The molecule has 0 aromatic heterocycles.